The summed E-state index contributed by atoms with van der Waals surface area (Å²) in [4.78, 5) is 11.6. The summed E-state index contributed by atoms with van der Waals surface area (Å²) >= 11 is 0. The van der Waals surface area contributed by atoms with Crippen LogP contribution in [0.3, 0.4) is 0 Å². The smallest absolute Gasteiger partial charge is 0.336 e. The van der Waals surface area contributed by atoms with Crippen molar-refractivity contribution in [1.82, 2.24) is 0 Å². The predicted molar refractivity (Wildman–Crippen MR) is 75.3 cm³/mol. The van der Waals surface area contributed by atoms with Gasteiger partial charge in [-0.2, -0.15) is 0 Å². The Labute approximate surface area is 116 Å². The maximum atomic E-state index is 11.6. The summed E-state index contributed by atoms with van der Waals surface area (Å²) in [6.07, 6.45) is 3.00. The fourth-order valence-corrected chi connectivity index (χ4v) is 1.55. The third-order valence-electron chi connectivity index (χ3n) is 2.48. The van der Waals surface area contributed by atoms with Crippen LogP contribution in [0.4, 0.5) is 0 Å². The first-order valence-electron chi connectivity index (χ1n) is 6.06. The van der Waals surface area contributed by atoms with Crippen molar-refractivity contribution in [2.24, 2.45) is 0 Å². The van der Waals surface area contributed by atoms with Crippen molar-refractivity contribution in [1.29, 1.82) is 0 Å². The van der Waals surface area contributed by atoms with Gasteiger partial charge in [-0.15, -0.1) is 0 Å². The maximum absolute atomic E-state index is 11.6. The largest absolute Gasteiger partial charge is 0.468 e. The molecule has 0 fully saturated rings. The average Bonchev–Trinajstić information content (AvgIpc) is 2.48. The third kappa shape index (κ3) is 4.26. The van der Waals surface area contributed by atoms with Crippen molar-refractivity contribution in [2.45, 2.75) is 0 Å². The minimum absolute atomic E-state index is 0.363. The highest BCUT2D eigenvalue weighted by atomic mass is 16.6. The molecule has 0 atom stereocenters. The van der Waals surface area contributed by atoms with Crippen molar-refractivity contribution in [3.63, 3.8) is 0 Å². The first-order chi connectivity index (χ1) is 9.78. The minimum atomic E-state index is -0.438. The highest BCUT2D eigenvalue weighted by molar-refractivity contribution is 5.88. The lowest BCUT2D eigenvalue weighted by Gasteiger charge is -2.02. The van der Waals surface area contributed by atoms with Gasteiger partial charge >= 0.3 is 5.97 Å². The average molecular weight is 270 g/mol. The predicted octanol–water partition coefficient (Wildman–Crippen LogP) is 2.63. The van der Waals surface area contributed by atoms with Crippen LogP contribution in [-0.4, -0.2) is 17.9 Å². The zero-order valence-electron chi connectivity index (χ0n) is 10.7. The van der Waals surface area contributed by atoms with E-state index >= 15 is 0 Å². The number of hydrogen-bond acceptors (Lipinski definition) is 4. The molecule has 4 nitrogen and oxygen atoms in total. The Morgan fingerprint density at radius 2 is 1.70 bits per heavy atom. The van der Waals surface area contributed by atoms with Crippen LogP contribution in [-0.2, 0) is 4.79 Å². The molecule has 102 valence electrons. The summed E-state index contributed by atoms with van der Waals surface area (Å²) in [6, 6.07) is 15.8. The monoisotopic (exact) mass is 270 g/mol. The van der Waals surface area contributed by atoms with Gasteiger partial charge in [0.2, 0.25) is 0 Å². The second kappa shape index (κ2) is 7.11. The molecule has 0 heterocycles. The number of esters is 1. The van der Waals surface area contributed by atoms with Crippen LogP contribution in [0.2, 0.25) is 0 Å². The number of carbonyl (C=O) groups excluding carboxylic acids is 1. The van der Waals surface area contributed by atoms with E-state index < -0.39 is 5.97 Å². The number of para-hydroxylation sites is 1. The van der Waals surface area contributed by atoms with E-state index in [0.29, 0.717) is 11.5 Å². The molecule has 0 aliphatic heterocycles. The lowest BCUT2D eigenvalue weighted by atomic mass is 10.2. The fraction of sp³-hybridized carbons (Fsp3) is 0.0625. The molecule has 1 N–H and O–H groups in total. The van der Waals surface area contributed by atoms with Gasteiger partial charge < -0.3 is 14.6 Å². The van der Waals surface area contributed by atoms with Gasteiger partial charge in [0.25, 0.3) is 0 Å². The van der Waals surface area contributed by atoms with Crippen molar-refractivity contribution in [3.8, 4) is 11.5 Å². The summed E-state index contributed by atoms with van der Waals surface area (Å²) in [5.41, 5.74) is 0.834. The molecular weight excluding hydrogens is 256 g/mol. The Morgan fingerprint density at radius 3 is 2.35 bits per heavy atom. The topological polar surface area (TPSA) is 55.8 Å². The van der Waals surface area contributed by atoms with E-state index in [2.05, 4.69) is 0 Å². The van der Waals surface area contributed by atoms with Gasteiger partial charge in [-0.3, -0.25) is 0 Å². The highest BCUT2D eigenvalue weighted by Gasteiger charge is 1.99. The molecule has 2 rings (SSSR count). The lowest BCUT2D eigenvalue weighted by Crippen LogP contribution is -2.03. The van der Waals surface area contributed by atoms with Crippen LogP contribution in [0.15, 0.2) is 60.7 Å². The van der Waals surface area contributed by atoms with Crippen LogP contribution < -0.4 is 9.47 Å². The molecule has 0 aliphatic rings. The van der Waals surface area contributed by atoms with Gasteiger partial charge in [0.05, 0.1) is 0 Å². The van der Waals surface area contributed by atoms with Crippen molar-refractivity contribution in [2.75, 3.05) is 6.79 Å². The SMILES string of the molecule is O=C(C=Cc1ccc(OCO)cc1)Oc1ccccc1. The normalized spacial score (nSPS) is 10.4. The zero-order valence-corrected chi connectivity index (χ0v) is 10.7. The minimum Gasteiger partial charge on any atom is -0.468 e. The standard InChI is InChI=1S/C16H14O4/c17-12-19-14-9-6-13(7-10-14)8-11-16(18)20-15-4-2-1-3-5-15/h1-11,17H,12H2. The van der Waals surface area contributed by atoms with E-state index in [-0.39, 0.29) is 6.79 Å². The van der Waals surface area contributed by atoms with E-state index in [4.69, 9.17) is 14.6 Å². The number of aliphatic hydroxyl groups excluding tert-OH is 1. The van der Waals surface area contributed by atoms with Gasteiger partial charge in [0.1, 0.15) is 11.5 Å². The molecule has 0 amide bonds. The molecule has 0 saturated heterocycles. The second-order valence-electron chi connectivity index (χ2n) is 3.91. The van der Waals surface area contributed by atoms with E-state index in [1.54, 1.807) is 54.6 Å². The van der Waals surface area contributed by atoms with Crippen LogP contribution in [0.5, 0.6) is 11.5 Å². The quantitative estimate of drug-likeness (QED) is 0.393. The summed E-state index contributed by atoms with van der Waals surface area (Å²) < 4.78 is 10.0. The van der Waals surface area contributed by atoms with Gasteiger partial charge in [-0.05, 0) is 35.9 Å². The number of aliphatic hydroxyl groups is 1. The van der Waals surface area contributed by atoms with Crippen LogP contribution in [0, 0.1) is 0 Å². The number of ether oxygens (including phenoxy) is 2. The molecule has 0 unspecified atom stereocenters. The Kier molecular flexibility index (Phi) is 4.92. The molecule has 0 saturated carbocycles. The highest BCUT2D eigenvalue weighted by Crippen LogP contribution is 2.13. The molecule has 2 aromatic carbocycles. The number of carbonyl (C=O) groups is 1. The molecule has 0 aromatic heterocycles. The van der Waals surface area contributed by atoms with Crippen molar-refractivity contribution < 1.29 is 19.4 Å². The number of rotatable bonds is 5. The summed E-state index contributed by atoms with van der Waals surface area (Å²) in [5, 5.41) is 8.61. The molecule has 2 aromatic rings. The molecule has 4 heteroatoms. The molecule has 0 radical (unpaired) electrons. The van der Waals surface area contributed by atoms with E-state index in [1.807, 2.05) is 6.07 Å². The van der Waals surface area contributed by atoms with Crippen LogP contribution in [0.1, 0.15) is 5.56 Å². The fourth-order valence-electron chi connectivity index (χ4n) is 1.55. The Hall–Kier alpha value is -2.59. The van der Waals surface area contributed by atoms with Gasteiger partial charge in [0.15, 0.2) is 6.79 Å². The molecule has 0 spiro atoms. The maximum Gasteiger partial charge on any atom is 0.336 e. The van der Waals surface area contributed by atoms with Crippen LogP contribution in [0.25, 0.3) is 6.08 Å². The third-order valence-corrected chi connectivity index (χ3v) is 2.48. The number of benzene rings is 2. The van der Waals surface area contributed by atoms with E-state index in [9.17, 15) is 4.79 Å². The molecule has 0 aliphatic carbocycles. The Morgan fingerprint density at radius 1 is 1.00 bits per heavy atom. The zero-order chi connectivity index (χ0) is 14.2. The van der Waals surface area contributed by atoms with E-state index in [1.165, 1.54) is 6.08 Å². The molecular formula is C16H14O4. The van der Waals surface area contributed by atoms with E-state index in [0.717, 1.165) is 5.56 Å². The summed E-state index contributed by atoms with van der Waals surface area (Å²) in [7, 11) is 0. The van der Waals surface area contributed by atoms with Crippen molar-refractivity contribution >= 4 is 12.0 Å². The number of hydrogen-bond donors (Lipinski definition) is 1. The molecule has 20 heavy (non-hydrogen) atoms. The second-order valence-corrected chi connectivity index (χ2v) is 3.91. The molecule has 0 bridgehead atoms. The first-order valence-corrected chi connectivity index (χ1v) is 6.06. The summed E-state index contributed by atoms with van der Waals surface area (Å²) in [6.45, 7) is -0.363. The summed E-state index contributed by atoms with van der Waals surface area (Å²) in [5.74, 6) is 0.636. The van der Waals surface area contributed by atoms with Gasteiger partial charge in [-0.25, -0.2) is 4.79 Å². The van der Waals surface area contributed by atoms with Gasteiger partial charge in [-0.1, -0.05) is 30.3 Å². The van der Waals surface area contributed by atoms with Gasteiger partial charge in [0, 0.05) is 6.08 Å². The Balaban J connectivity index is 1.93. The lowest BCUT2D eigenvalue weighted by molar-refractivity contribution is -0.128. The van der Waals surface area contributed by atoms with Crippen molar-refractivity contribution in [3.05, 3.63) is 66.2 Å². The first kappa shape index (κ1) is 13.8. The Bertz CT molecular complexity index is 573. The van der Waals surface area contributed by atoms with Crippen LogP contribution >= 0.6 is 0 Å².